The molecular weight excluding hydrogens is 565 g/mol. The van der Waals surface area contributed by atoms with Gasteiger partial charge < -0.3 is 14.6 Å². The highest BCUT2D eigenvalue weighted by atomic mass is 32.2. The molecule has 1 aliphatic heterocycles. The van der Waals surface area contributed by atoms with Crippen LogP contribution in [-0.2, 0) is 20.4 Å². The van der Waals surface area contributed by atoms with Gasteiger partial charge in [0.2, 0.25) is 10.0 Å². The third-order valence-electron chi connectivity index (χ3n) is 5.16. The molecule has 2 N–H and O–H groups in total. The van der Waals surface area contributed by atoms with Crippen molar-refractivity contribution in [3.8, 4) is 11.5 Å². The standard InChI is InChI=1S/C21H16F4N2O4S.C2HF3O2/c22-16-13-14(8-9-17(16)31-21(23,24)25)20(10-12-30-18-7-4-11-26-19(18)20)27-32(28,29)15-5-2-1-3-6-15;3-2(4,5)1(6)7/h1-9,11,13,27H,10,12H2;(H,6,7). The lowest BCUT2D eigenvalue weighted by atomic mass is 9.82. The van der Waals surface area contributed by atoms with Crippen molar-refractivity contribution in [3.63, 3.8) is 0 Å². The van der Waals surface area contributed by atoms with Gasteiger partial charge in [0, 0.05) is 12.6 Å². The molecule has 1 aromatic heterocycles. The molecule has 0 saturated carbocycles. The van der Waals surface area contributed by atoms with E-state index in [2.05, 4.69) is 14.4 Å². The smallest absolute Gasteiger partial charge is 0.491 e. The first kappa shape index (κ1) is 29.6. The van der Waals surface area contributed by atoms with Gasteiger partial charge in [-0.1, -0.05) is 24.3 Å². The maximum atomic E-state index is 14.6. The van der Waals surface area contributed by atoms with E-state index in [1.165, 1.54) is 24.4 Å². The van der Waals surface area contributed by atoms with Crippen molar-refractivity contribution in [3.05, 3.63) is 83.9 Å². The average Bonchev–Trinajstić information content (AvgIpc) is 2.85. The number of rotatable bonds is 5. The van der Waals surface area contributed by atoms with Gasteiger partial charge in [0.1, 0.15) is 17.0 Å². The monoisotopic (exact) mass is 582 g/mol. The molecule has 210 valence electrons. The van der Waals surface area contributed by atoms with Gasteiger partial charge in [-0.05, 0) is 42.0 Å². The van der Waals surface area contributed by atoms with Crippen molar-refractivity contribution >= 4 is 16.0 Å². The SMILES string of the molecule is O=C(O)C(F)(F)F.O=S(=O)(NC1(c2ccc(OC(F)(F)F)c(F)c2)CCOc2cccnc21)c1ccccc1. The van der Waals surface area contributed by atoms with E-state index in [0.717, 1.165) is 12.1 Å². The Hall–Kier alpha value is -3.92. The largest absolute Gasteiger partial charge is 0.573 e. The summed E-state index contributed by atoms with van der Waals surface area (Å²) >= 11 is 0. The van der Waals surface area contributed by atoms with E-state index < -0.39 is 45.6 Å². The van der Waals surface area contributed by atoms with Gasteiger partial charge in [-0.3, -0.25) is 4.98 Å². The minimum Gasteiger partial charge on any atom is -0.491 e. The van der Waals surface area contributed by atoms with E-state index in [1.807, 2.05) is 0 Å². The Bertz CT molecular complexity index is 1430. The second-order valence-electron chi connectivity index (χ2n) is 7.77. The fraction of sp³-hybridized carbons (Fsp3) is 0.217. The zero-order valence-electron chi connectivity index (χ0n) is 19.3. The summed E-state index contributed by atoms with van der Waals surface area (Å²) < 4.78 is 122. The molecule has 0 spiro atoms. The molecule has 0 amide bonds. The van der Waals surface area contributed by atoms with Crippen molar-refractivity contribution in [2.45, 2.75) is 29.4 Å². The number of nitrogens with one attached hydrogen (secondary N) is 1. The fourth-order valence-corrected chi connectivity index (χ4v) is 4.97. The Labute approximate surface area is 216 Å². The van der Waals surface area contributed by atoms with Gasteiger partial charge >= 0.3 is 18.5 Å². The number of hydrogen-bond acceptors (Lipinski definition) is 6. The van der Waals surface area contributed by atoms with Crippen LogP contribution in [0.4, 0.5) is 30.7 Å². The van der Waals surface area contributed by atoms with E-state index in [9.17, 15) is 39.2 Å². The van der Waals surface area contributed by atoms with Gasteiger partial charge in [-0.15, -0.1) is 13.2 Å². The predicted octanol–water partition coefficient (Wildman–Crippen LogP) is 4.76. The number of aromatic nitrogens is 1. The first-order valence-electron chi connectivity index (χ1n) is 10.6. The summed E-state index contributed by atoms with van der Waals surface area (Å²) in [6.07, 6.45) is -8.74. The minimum absolute atomic E-state index is 0.0159. The highest BCUT2D eigenvalue weighted by molar-refractivity contribution is 7.89. The van der Waals surface area contributed by atoms with Crippen molar-refractivity contribution in [2.24, 2.45) is 0 Å². The van der Waals surface area contributed by atoms with Crippen LogP contribution in [0.3, 0.4) is 0 Å². The molecule has 3 aromatic rings. The maximum Gasteiger partial charge on any atom is 0.573 e. The molecule has 8 nitrogen and oxygen atoms in total. The van der Waals surface area contributed by atoms with Gasteiger partial charge in [0.05, 0.1) is 11.5 Å². The lowest BCUT2D eigenvalue weighted by molar-refractivity contribution is -0.275. The molecule has 1 aliphatic rings. The summed E-state index contributed by atoms with van der Waals surface area (Å²) in [6, 6.07) is 13.4. The van der Waals surface area contributed by atoms with Gasteiger partial charge in [0.25, 0.3) is 0 Å². The van der Waals surface area contributed by atoms with Crippen LogP contribution in [0.25, 0.3) is 0 Å². The van der Waals surface area contributed by atoms with Crippen LogP contribution in [0.5, 0.6) is 11.5 Å². The second-order valence-corrected chi connectivity index (χ2v) is 9.45. The highest BCUT2D eigenvalue weighted by Gasteiger charge is 2.45. The molecule has 0 aliphatic carbocycles. The third kappa shape index (κ3) is 7.14. The Morgan fingerprint density at radius 1 is 1.03 bits per heavy atom. The van der Waals surface area contributed by atoms with Crippen molar-refractivity contribution in [1.29, 1.82) is 0 Å². The summed E-state index contributed by atoms with van der Waals surface area (Å²) in [6.45, 7) is 0.0540. The first-order valence-corrected chi connectivity index (χ1v) is 12.1. The molecule has 1 atom stereocenters. The number of halogens is 7. The zero-order chi connectivity index (χ0) is 29.1. The molecule has 0 saturated heterocycles. The summed E-state index contributed by atoms with van der Waals surface area (Å²) in [5, 5.41) is 7.12. The van der Waals surface area contributed by atoms with Gasteiger partial charge in [0.15, 0.2) is 11.6 Å². The number of hydrogen-bond donors (Lipinski definition) is 2. The van der Waals surface area contributed by atoms with Crippen molar-refractivity contribution in [2.75, 3.05) is 6.61 Å². The van der Waals surface area contributed by atoms with Crippen LogP contribution in [0, 0.1) is 5.82 Å². The number of carbonyl (C=O) groups is 1. The Morgan fingerprint density at radius 3 is 2.23 bits per heavy atom. The van der Waals surface area contributed by atoms with Crippen LogP contribution in [0.2, 0.25) is 0 Å². The molecule has 2 heterocycles. The van der Waals surface area contributed by atoms with Crippen molar-refractivity contribution < 1.29 is 58.5 Å². The quantitative estimate of drug-likeness (QED) is 0.417. The number of nitrogens with zero attached hydrogens (tertiary/aromatic N) is 1. The molecule has 0 fully saturated rings. The molecule has 16 heteroatoms. The number of carboxylic acids is 1. The predicted molar refractivity (Wildman–Crippen MR) is 119 cm³/mol. The zero-order valence-corrected chi connectivity index (χ0v) is 20.1. The number of benzene rings is 2. The molecule has 2 aromatic carbocycles. The summed E-state index contributed by atoms with van der Waals surface area (Å²) in [4.78, 5) is 13.1. The van der Waals surface area contributed by atoms with Crippen LogP contribution in [0.1, 0.15) is 17.7 Å². The average molecular weight is 582 g/mol. The number of ether oxygens (including phenoxy) is 2. The molecular formula is C23H17F7N2O6S. The van der Waals surface area contributed by atoms with Crippen molar-refractivity contribution in [1.82, 2.24) is 9.71 Å². The van der Waals surface area contributed by atoms with Gasteiger partial charge in [-0.2, -0.15) is 17.9 Å². The number of fused-ring (bicyclic) bond motifs is 1. The molecule has 39 heavy (non-hydrogen) atoms. The van der Waals surface area contributed by atoms with E-state index in [0.29, 0.717) is 0 Å². The summed E-state index contributed by atoms with van der Waals surface area (Å²) in [7, 11) is -4.14. The lowest BCUT2D eigenvalue weighted by Gasteiger charge is -2.38. The Kier molecular flexibility index (Phi) is 8.40. The molecule has 0 bridgehead atoms. The molecule has 0 radical (unpaired) electrons. The van der Waals surface area contributed by atoms with E-state index in [4.69, 9.17) is 14.6 Å². The highest BCUT2D eigenvalue weighted by Crippen LogP contribution is 2.42. The van der Waals surface area contributed by atoms with Gasteiger partial charge in [-0.25, -0.2) is 17.6 Å². The lowest BCUT2D eigenvalue weighted by Crippen LogP contribution is -2.50. The topological polar surface area (TPSA) is 115 Å². The number of carboxylic acid groups (broad SMARTS) is 1. The Balaban J connectivity index is 0.000000532. The minimum atomic E-state index is -5.08. The third-order valence-corrected chi connectivity index (χ3v) is 6.67. The molecule has 1 unspecified atom stereocenters. The number of aliphatic carboxylic acids is 1. The van der Waals surface area contributed by atoms with E-state index in [-0.39, 0.29) is 34.9 Å². The Morgan fingerprint density at radius 2 is 1.67 bits per heavy atom. The van der Waals surface area contributed by atoms with Crippen LogP contribution in [0.15, 0.2) is 71.8 Å². The van der Waals surface area contributed by atoms with Crippen LogP contribution >= 0.6 is 0 Å². The fourth-order valence-electron chi connectivity index (χ4n) is 3.56. The molecule has 4 rings (SSSR count). The first-order chi connectivity index (χ1) is 18.1. The second kappa shape index (κ2) is 11.1. The maximum absolute atomic E-state index is 14.6. The number of pyridine rings is 1. The summed E-state index contributed by atoms with van der Waals surface area (Å²) in [5.74, 6) is -4.82. The normalized spacial score (nSPS) is 17.2. The van der Waals surface area contributed by atoms with Crippen LogP contribution < -0.4 is 14.2 Å². The number of alkyl halides is 6. The number of sulfonamides is 1. The van der Waals surface area contributed by atoms with E-state index >= 15 is 0 Å². The summed E-state index contributed by atoms with van der Waals surface area (Å²) in [5.41, 5.74) is -1.39. The van der Waals surface area contributed by atoms with E-state index in [1.54, 1.807) is 30.3 Å². The van der Waals surface area contributed by atoms with Crippen LogP contribution in [-0.4, -0.2) is 43.6 Å².